The van der Waals surface area contributed by atoms with Crippen LogP contribution in [0.2, 0.25) is 0 Å². The molecule has 27 heavy (non-hydrogen) atoms. The maximum Gasteiger partial charge on any atom is 0.245 e. The molecular formula is C17H21N3O5S2. The number of amides is 1. The zero-order chi connectivity index (χ0) is 20.2. The van der Waals surface area contributed by atoms with Gasteiger partial charge in [0.25, 0.3) is 0 Å². The number of para-hydroxylation sites is 1. The summed E-state index contributed by atoms with van der Waals surface area (Å²) >= 11 is 0. The van der Waals surface area contributed by atoms with Gasteiger partial charge in [-0.2, -0.15) is 0 Å². The van der Waals surface area contributed by atoms with Crippen molar-refractivity contribution in [2.75, 3.05) is 40.0 Å². The molecule has 0 saturated heterocycles. The molecule has 0 radical (unpaired) electrons. The molecule has 2 aromatic carbocycles. The van der Waals surface area contributed by atoms with Crippen LogP contribution in [0.4, 0.5) is 17.1 Å². The van der Waals surface area contributed by atoms with Gasteiger partial charge in [-0.05, 0) is 30.3 Å². The molecule has 1 amide bonds. The van der Waals surface area contributed by atoms with E-state index in [1.54, 1.807) is 48.5 Å². The first-order valence-electron chi connectivity index (χ1n) is 7.85. The van der Waals surface area contributed by atoms with Crippen molar-refractivity contribution in [1.29, 1.82) is 0 Å². The van der Waals surface area contributed by atoms with Gasteiger partial charge in [0.05, 0.1) is 23.9 Å². The molecular weight excluding hydrogens is 390 g/mol. The van der Waals surface area contributed by atoms with E-state index in [4.69, 9.17) is 0 Å². The Morgan fingerprint density at radius 2 is 1.48 bits per heavy atom. The minimum atomic E-state index is -3.66. The van der Waals surface area contributed by atoms with Crippen LogP contribution < -0.4 is 13.9 Å². The molecule has 0 atom stereocenters. The van der Waals surface area contributed by atoms with E-state index in [1.165, 1.54) is 13.1 Å². The molecule has 2 rings (SSSR count). The van der Waals surface area contributed by atoms with Crippen molar-refractivity contribution >= 4 is 43.0 Å². The number of anilines is 3. The Balaban J connectivity index is 2.19. The minimum Gasteiger partial charge on any atom is -0.324 e. The van der Waals surface area contributed by atoms with Gasteiger partial charge in [0.1, 0.15) is 6.54 Å². The van der Waals surface area contributed by atoms with E-state index in [2.05, 4.69) is 5.32 Å². The number of benzene rings is 2. The van der Waals surface area contributed by atoms with Gasteiger partial charge in [-0.25, -0.2) is 16.8 Å². The molecule has 0 aliphatic heterocycles. The molecule has 2 aromatic rings. The Hall–Kier alpha value is -2.59. The Bertz CT molecular complexity index is 1020. The van der Waals surface area contributed by atoms with Gasteiger partial charge in [0.15, 0.2) is 0 Å². The molecule has 0 unspecified atom stereocenters. The van der Waals surface area contributed by atoms with E-state index in [-0.39, 0.29) is 0 Å². The molecule has 0 aromatic heterocycles. The fourth-order valence-corrected chi connectivity index (χ4v) is 3.65. The van der Waals surface area contributed by atoms with Crippen molar-refractivity contribution < 1.29 is 21.6 Å². The van der Waals surface area contributed by atoms with Crippen LogP contribution in [0.3, 0.4) is 0 Å². The molecule has 0 aliphatic rings. The fourth-order valence-electron chi connectivity index (χ4n) is 2.30. The van der Waals surface area contributed by atoms with Gasteiger partial charge < -0.3 is 5.32 Å². The zero-order valence-electron chi connectivity index (χ0n) is 15.2. The normalized spacial score (nSPS) is 11.7. The second kappa shape index (κ2) is 7.97. The van der Waals surface area contributed by atoms with Crippen molar-refractivity contribution in [2.24, 2.45) is 0 Å². The first kappa shape index (κ1) is 20.7. The molecule has 0 fully saturated rings. The monoisotopic (exact) mass is 411 g/mol. The van der Waals surface area contributed by atoms with Crippen molar-refractivity contribution in [3.8, 4) is 0 Å². The number of hydrogen-bond donors (Lipinski definition) is 1. The fraction of sp³-hybridized carbons (Fsp3) is 0.235. The van der Waals surface area contributed by atoms with Crippen molar-refractivity contribution in [3.63, 3.8) is 0 Å². The molecule has 10 heteroatoms. The molecule has 0 saturated carbocycles. The smallest absolute Gasteiger partial charge is 0.245 e. The summed E-state index contributed by atoms with van der Waals surface area (Å²) in [5.74, 6) is -0.552. The second-order valence-electron chi connectivity index (χ2n) is 5.93. The van der Waals surface area contributed by atoms with Gasteiger partial charge in [-0.1, -0.05) is 24.3 Å². The average molecular weight is 412 g/mol. The summed E-state index contributed by atoms with van der Waals surface area (Å²) in [7, 11) is -5.70. The largest absolute Gasteiger partial charge is 0.324 e. The maximum absolute atomic E-state index is 12.4. The molecule has 0 heterocycles. The maximum atomic E-state index is 12.4. The van der Waals surface area contributed by atoms with Gasteiger partial charge in [-0.15, -0.1) is 0 Å². The second-order valence-corrected chi connectivity index (χ2v) is 9.85. The third kappa shape index (κ3) is 5.69. The lowest BCUT2D eigenvalue weighted by Crippen LogP contribution is -2.37. The molecule has 0 aliphatic carbocycles. The van der Waals surface area contributed by atoms with Gasteiger partial charge >= 0.3 is 0 Å². The topological polar surface area (TPSA) is 104 Å². The van der Waals surface area contributed by atoms with E-state index < -0.39 is 32.5 Å². The number of carbonyl (C=O) groups is 1. The summed E-state index contributed by atoms with van der Waals surface area (Å²) in [5, 5.41) is 2.59. The third-order valence-corrected chi connectivity index (χ3v) is 6.07. The number of hydrogen-bond acceptors (Lipinski definition) is 5. The predicted octanol–water partition coefficient (Wildman–Crippen LogP) is 1.49. The third-order valence-electron chi connectivity index (χ3n) is 3.72. The van der Waals surface area contributed by atoms with Crippen LogP contribution in [0.15, 0.2) is 54.6 Å². The van der Waals surface area contributed by atoms with Crippen LogP contribution in [-0.4, -0.2) is 48.8 Å². The van der Waals surface area contributed by atoms with Crippen LogP contribution in [-0.2, 0) is 24.8 Å². The number of sulfonamides is 2. The van der Waals surface area contributed by atoms with Crippen LogP contribution in [0.25, 0.3) is 0 Å². The Kier molecular flexibility index (Phi) is 6.11. The van der Waals surface area contributed by atoms with Crippen molar-refractivity contribution in [2.45, 2.75) is 0 Å². The number of carbonyl (C=O) groups excluding carboxylic acids is 1. The summed E-state index contributed by atoms with van der Waals surface area (Å²) < 4.78 is 49.5. The van der Waals surface area contributed by atoms with Gasteiger partial charge in [-0.3, -0.25) is 13.4 Å². The van der Waals surface area contributed by atoms with Gasteiger partial charge in [0.2, 0.25) is 26.0 Å². The lowest BCUT2D eigenvalue weighted by molar-refractivity contribution is -0.114. The number of rotatable bonds is 7. The van der Waals surface area contributed by atoms with Crippen LogP contribution >= 0.6 is 0 Å². The number of nitrogens with zero attached hydrogens (tertiary/aromatic N) is 2. The first-order valence-corrected chi connectivity index (χ1v) is 11.5. The van der Waals surface area contributed by atoms with E-state index in [9.17, 15) is 21.6 Å². The SMILES string of the molecule is CN(c1cccc(NC(=O)CN(c2ccccc2)S(C)(=O)=O)c1)S(C)(=O)=O. The van der Waals surface area contributed by atoms with E-state index in [0.29, 0.717) is 17.1 Å². The Labute approximate surface area is 159 Å². The quantitative estimate of drug-likeness (QED) is 0.743. The summed E-state index contributed by atoms with van der Waals surface area (Å²) in [4.78, 5) is 12.4. The van der Waals surface area contributed by atoms with E-state index >= 15 is 0 Å². The lowest BCUT2D eigenvalue weighted by atomic mass is 10.2. The highest BCUT2D eigenvalue weighted by Gasteiger charge is 2.21. The summed E-state index contributed by atoms with van der Waals surface area (Å²) in [5.41, 5.74) is 1.11. The summed E-state index contributed by atoms with van der Waals surface area (Å²) in [6, 6.07) is 14.5. The summed E-state index contributed by atoms with van der Waals surface area (Å²) in [6.07, 6.45) is 2.09. The van der Waals surface area contributed by atoms with Crippen molar-refractivity contribution in [3.05, 3.63) is 54.6 Å². The van der Waals surface area contributed by atoms with E-state index in [1.807, 2.05) is 0 Å². The van der Waals surface area contributed by atoms with Crippen LogP contribution in [0.5, 0.6) is 0 Å². The molecule has 1 N–H and O–H groups in total. The van der Waals surface area contributed by atoms with Crippen LogP contribution in [0, 0.1) is 0 Å². The zero-order valence-corrected chi connectivity index (χ0v) is 16.8. The minimum absolute atomic E-state index is 0.356. The molecule has 8 nitrogen and oxygen atoms in total. The average Bonchev–Trinajstić information content (AvgIpc) is 2.58. The summed E-state index contributed by atoms with van der Waals surface area (Å²) in [6.45, 7) is -0.408. The predicted molar refractivity (Wildman–Crippen MR) is 107 cm³/mol. The van der Waals surface area contributed by atoms with Gasteiger partial charge in [0, 0.05) is 12.7 Å². The lowest BCUT2D eigenvalue weighted by Gasteiger charge is -2.22. The van der Waals surface area contributed by atoms with E-state index in [0.717, 1.165) is 21.1 Å². The van der Waals surface area contributed by atoms with Crippen LogP contribution in [0.1, 0.15) is 0 Å². The standard InChI is InChI=1S/C17H21N3O5S2/c1-19(26(2,22)23)16-11-7-8-14(12-16)18-17(21)13-20(27(3,24)25)15-9-5-4-6-10-15/h4-12H,13H2,1-3H3,(H,18,21). The first-order chi connectivity index (χ1) is 12.5. The Morgan fingerprint density at radius 1 is 0.889 bits per heavy atom. The highest BCUT2D eigenvalue weighted by Crippen LogP contribution is 2.21. The highest BCUT2D eigenvalue weighted by atomic mass is 32.2. The highest BCUT2D eigenvalue weighted by molar-refractivity contribution is 7.92. The van der Waals surface area contributed by atoms with Crippen molar-refractivity contribution in [1.82, 2.24) is 0 Å². The Morgan fingerprint density at radius 3 is 2.04 bits per heavy atom. The molecule has 0 spiro atoms. The molecule has 146 valence electrons. The molecule has 0 bridgehead atoms. The number of nitrogens with one attached hydrogen (secondary N) is 1.